The van der Waals surface area contributed by atoms with Crippen LogP contribution >= 0.6 is 0 Å². The van der Waals surface area contributed by atoms with E-state index in [-0.39, 0.29) is 17.7 Å². The highest BCUT2D eigenvalue weighted by atomic mass is 19.2. The fourth-order valence-electron chi connectivity index (χ4n) is 2.19. The molecule has 21 heavy (non-hydrogen) atoms. The molecule has 0 spiro atoms. The van der Waals surface area contributed by atoms with E-state index >= 15 is 0 Å². The molecule has 0 aliphatic carbocycles. The van der Waals surface area contributed by atoms with Crippen molar-refractivity contribution in [2.45, 2.75) is 12.0 Å². The first-order chi connectivity index (χ1) is 9.95. The fraction of sp³-hybridized carbons (Fsp3) is 0.200. The van der Waals surface area contributed by atoms with Crippen LogP contribution < -0.4 is 5.73 Å². The third kappa shape index (κ3) is 3.06. The van der Waals surface area contributed by atoms with Crippen molar-refractivity contribution in [3.8, 4) is 0 Å². The Labute approximate surface area is 118 Å². The molecule has 0 radical (unpaired) electrons. The van der Waals surface area contributed by atoms with Crippen LogP contribution in [0.1, 0.15) is 23.1 Å². The Morgan fingerprint density at radius 2 is 1.67 bits per heavy atom. The number of hydrogen-bond acceptors (Lipinski definition) is 2. The number of halogens is 4. The van der Waals surface area contributed by atoms with Gasteiger partial charge in [0.1, 0.15) is 11.6 Å². The Hall–Kier alpha value is -1.92. The summed E-state index contributed by atoms with van der Waals surface area (Å²) < 4.78 is 53.6. The third-order valence-corrected chi connectivity index (χ3v) is 3.30. The molecule has 0 heterocycles. The van der Waals surface area contributed by atoms with E-state index in [0.717, 1.165) is 18.2 Å². The molecule has 0 aliphatic rings. The number of hydrogen-bond donors (Lipinski definition) is 2. The lowest BCUT2D eigenvalue weighted by Crippen LogP contribution is -2.22. The molecule has 2 nitrogen and oxygen atoms in total. The Morgan fingerprint density at radius 1 is 0.952 bits per heavy atom. The van der Waals surface area contributed by atoms with E-state index in [1.54, 1.807) is 0 Å². The number of aliphatic hydroxyl groups excluding tert-OH is 1. The smallest absolute Gasteiger partial charge is 0.164 e. The predicted octanol–water partition coefficient (Wildman–Crippen LogP) is 3.02. The first-order valence-electron chi connectivity index (χ1n) is 6.22. The van der Waals surface area contributed by atoms with Gasteiger partial charge in [0.2, 0.25) is 0 Å². The Morgan fingerprint density at radius 3 is 2.29 bits per heavy atom. The van der Waals surface area contributed by atoms with Crippen molar-refractivity contribution in [3.63, 3.8) is 0 Å². The highest BCUT2D eigenvalue weighted by Crippen LogP contribution is 2.33. The van der Waals surface area contributed by atoms with Crippen LogP contribution in [-0.4, -0.2) is 11.7 Å². The zero-order valence-corrected chi connectivity index (χ0v) is 10.9. The normalized spacial score (nSPS) is 14.0. The van der Waals surface area contributed by atoms with Crippen LogP contribution in [0.25, 0.3) is 0 Å². The van der Waals surface area contributed by atoms with Gasteiger partial charge in [-0.3, -0.25) is 0 Å². The van der Waals surface area contributed by atoms with E-state index in [2.05, 4.69) is 0 Å². The average Bonchev–Trinajstić information content (AvgIpc) is 2.44. The van der Waals surface area contributed by atoms with Crippen LogP contribution in [0, 0.1) is 23.3 Å². The first-order valence-corrected chi connectivity index (χ1v) is 6.22. The van der Waals surface area contributed by atoms with Gasteiger partial charge in [0.05, 0.1) is 6.10 Å². The molecule has 2 rings (SSSR count). The van der Waals surface area contributed by atoms with Crippen LogP contribution in [0.3, 0.4) is 0 Å². The Balaban J connectivity index is 2.43. The van der Waals surface area contributed by atoms with Crippen molar-refractivity contribution < 1.29 is 22.7 Å². The third-order valence-electron chi connectivity index (χ3n) is 3.30. The molecule has 0 saturated carbocycles. The molecule has 2 atom stereocenters. The Kier molecular flexibility index (Phi) is 4.59. The molecule has 0 aromatic heterocycles. The first kappa shape index (κ1) is 15.5. The minimum Gasteiger partial charge on any atom is -0.388 e. The highest BCUT2D eigenvalue weighted by Gasteiger charge is 2.27. The van der Waals surface area contributed by atoms with E-state index < -0.39 is 35.3 Å². The number of nitrogens with two attached hydrogens (primary N) is 1. The summed E-state index contributed by atoms with van der Waals surface area (Å²) in [6, 6.07) is 6.10. The van der Waals surface area contributed by atoms with Crippen molar-refractivity contribution in [1.82, 2.24) is 0 Å². The summed E-state index contributed by atoms with van der Waals surface area (Å²) in [5.41, 5.74) is 5.12. The second-order valence-electron chi connectivity index (χ2n) is 4.60. The minimum atomic E-state index is -1.55. The summed E-state index contributed by atoms with van der Waals surface area (Å²) >= 11 is 0. The lowest BCUT2D eigenvalue weighted by molar-refractivity contribution is 0.140. The van der Waals surface area contributed by atoms with Gasteiger partial charge < -0.3 is 10.8 Å². The van der Waals surface area contributed by atoms with Crippen LogP contribution in [0.5, 0.6) is 0 Å². The van der Waals surface area contributed by atoms with Crippen molar-refractivity contribution in [2.24, 2.45) is 5.73 Å². The lowest BCUT2D eigenvalue weighted by Gasteiger charge is -2.23. The van der Waals surface area contributed by atoms with Gasteiger partial charge in [0, 0.05) is 24.1 Å². The van der Waals surface area contributed by atoms with E-state index in [1.807, 2.05) is 0 Å². The van der Waals surface area contributed by atoms with Crippen LogP contribution in [-0.2, 0) is 0 Å². The minimum absolute atomic E-state index is 0.0601. The molecule has 2 aromatic carbocycles. The van der Waals surface area contributed by atoms with E-state index in [4.69, 9.17) is 5.73 Å². The van der Waals surface area contributed by atoms with Gasteiger partial charge >= 0.3 is 0 Å². The van der Waals surface area contributed by atoms with Crippen LogP contribution in [0.15, 0.2) is 36.4 Å². The number of benzene rings is 2. The quantitative estimate of drug-likeness (QED) is 0.853. The van der Waals surface area contributed by atoms with E-state index in [9.17, 15) is 22.7 Å². The lowest BCUT2D eigenvalue weighted by atomic mass is 9.88. The van der Waals surface area contributed by atoms with Crippen molar-refractivity contribution in [2.75, 3.05) is 6.54 Å². The molecule has 0 saturated heterocycles. The number of aliphatic hydroxyl groups is 1. The summed E-state index contributed by atoms with van der Waals surface area (Å²) in [5, 5.41) is 10.2. The molecule has 2 aromatic rings. The summed E-state index contributed by atoms with van der Waals surface area (Å²) in [6.45, 7) is -0.223. The molecule has 0 aliphatic heterocycles. The van der Waals surface area contributed by atoms with Gasteiger partial charge in [0.15, 0.2) is 11.6 Å². The fourth-order valence-corrected chi connectivity index (χ4v) is 2.19. The largest absolute Gasteiger partial charge is 0.388 e. The summed E-state index contributed by atoms with van der Waals surface area (Å²) in [6.07, 6.45) is -1.55. The molecular formula is C15H13F4NO. The summed E-state index contributed by atoms with van der Waals surface area (Å²) in [5.74, 6) is -5.05. The van der Waals surface area contributed by atoms with Gasteiger partial charge in [-0.15, -0.1) is 0 Å². The summed E-state index contributed by atoms with van der Waals surface area (Å²) in [4.78, 5) is 0. The second-order valence-corrected chi connectivity index (χ2v) is 4.60. The van der Waals surface area contributed by atoms with Crippen molar-refractivity contribution >= 4 is 0 Å². The van der Waals surface area contributed by atoms with E-state index in [1.165, 1.54) is 12.1 Å². The second kappa shape index (κ2) is 6.24. The standard InChI is InChI=1S/C15H13F4NO/c16-8-4-5-9(13(18)6-8)11(7-20)15(21)10-2-1-3-12(17)14(10)19/h1-6,11,15,21H,7,20H2. The molecule has 0 amide bonds. The highest BCUT2D eigenvalue weighted by molar-refractivity contribution is 5.29. The molecular weight excluding hydrogens is 286 g/mol. The van der Waals surface area contributed by atoms with Gasteiger partial charge in [-0.05, 0) is 17.7 Å². The monoisotopic (exact) mass is 299 g/mol. The average molecular weight is 299 g/mol. The zero-order chi connectivity index (χ0) is 15.6. The van der Waals surface area contributed by atoms with E-state index in [0.29, 0.717) is 6.07 Å². The summed E-state index contributed by atoms with van der Waals surface area (Å²) in [7, 11) is 0. The van der Waals surface area contributed by atoms with Crippen LogP contribution in [0.4, 0.5) is 17.6 Å². The van der Waals surface area contributed by atoms with Crippen LogP contribution in [0.2, 0.25) is 0 Å². The van der Waals surface area contributed by atoms with Gasteiger partial charge in [0.25, 0.3) is 0 Å². The predicted molar refractivity (Wildman–Crippen MR) is 69.5 cm³/mol. The molecule has 6 heteroatoms. The molecule has 2 unspecified atom stereocenters. The molecule has 3 N–H and O–H groups in total. The van der Waals surface area contributed by atoms with Crippen molar-refractivity contribution in [3.05, 3.63) is 70.8 Å². The van der Waals surface area contributed by atoms with Gasteiger partial charge in [-0.2, -0.15) is 0 Å². The maximum absolute atomic E-state index is 13.8. The van der Waals surface area contributed by atoms with Gasteiger partial charge in [-0.25, -0.2) is 17.6 Å². The maximum atomic E-state index is 13.8. The number of rotatable bonds is 4. The zero-order valence-electron chi connectivity index (χ0n) is 10.9. The molecule has 0 bridgehead atoms. The molecule has 112 valence electrons. The molecule has 0 fully saturated rings. The topological polar surface area (TPSA) is 46.2 Å². The maximum Gasteiger partial charge on any atom is 0.164 e. The SMILES string of the molecule is NCC(c1ccc(F)cc1F)C(O)c1cccc(F)c1F. The van der Waals surface area contributed by atoms with Crippen molar-refractivity contribution in [1.29, 1.82) is 0 Å². The van der Waals surface area contributed by atoms with Gasteiger partial charge in [-0.1, -0.05) is 18.2 Å². The Bertz CT molecular complexity index is 648.